The van der Waals surface area contributed by atoms with Crippen LogP contribution in [0.5, 0.6) is 0 Å². The van der Waals surface area contributed by atoms with Crippen molar-refractivity contribution >= 4 is 15.9 Å². The molecule has 0 unspecified atom stereocenters. The summed E-state index contributed by atoms with van der Waals surface area (Å²) in [7, 11) is -3.72. The normalized spacial score (nSPS) is 11.6. The van der Waals surface area contributed by atoms with Crippen LogP contribution < -0.4 is 10.0 Å². The highest BCUT2D eigenvalue weighted by atomic mass is 32.2. The molecule has 5 nitrogen and oxygen atoms in total. The van der Waals surface area contributed by atoms with Gasteiger partial charge in [0, 0.05) is 18.7 Å². The Hall–Kier alpha value is -2.25. The Morgan fingerprint density at radius 2 is 1.70 bits per heavy atom. The van der Waals surface area contributed by atoms with Gasteiger partial charge in [-0.05, 0) is 54.7 Å². The van der Waals surface area contributed by atoms with Gasteiger partial charge in [0.1, 0.15) is 5.82 Å². The minimum absolute atomic E-state index is 0.0646. The number of amides is 1. The number of hydrogen-bond acceptors (Lipinski definition) is 3. The summed E-state index contributed by atoms with van der Waals surface area (Å²) in [5.74, 6) is -0.0927. The van der Waals surface area contributed by atoms with E-state index in [2.05, 4.69) is 23.9 Å². The predicted octanol–water partition coefficient (Wildman–Crippen LogP) is 3.12. The number of benzene rings is 2. The van der Waals surface area contributed by atoms with Crippen molar-refractivity contribution in [1.82, 2.24) is 10.0 Å². The van der Waals surface area contributed by atoms with E-state index in [-0.39, 0.29) is 29.6 Å². The van der Waals surface area contributed by atoms with Crippen LogP contribution in [0, 0.1) is 11.7 Å². The summed E-state index contributed by atoms with van der Waals surface area (Å²) in [6, 6.07) is 12.0. The maximum absolute atomic E-state index is 13.6. The molecule has 2 rings (SSSR count). The topological polar surface area (TPSA) is 75.3 Å². The number of rotatable bonds is 9. The number of sulfonamides is 1. The molecule has 2 aromatic rings. The molecule has 146 valence electrons. The van der Waals surface area contributed by atoms with Gasteiger partial charge in [-0.2, -0.15) is 0 Å². The Morgan fingerprint density at radius 3 is 2.33 bits per heavy atom. The molecule has 7 heteroatoms. The summed E-state index contributed by atoms with van der Waals surface area (Å²) in [5.41, 5.74) is 0.859. The third kappa shape index (κ3) is 6.45. The van der Waals surface area contributed by atoms with E-state index in [0.717, 1.165) is 6.42 Å². The van der Waals surface area contributed by atoms with Gasteiger partial charge >= 0.3 is 0 Å². The molecule has 0 radical (unpaired) electrons. The first kappa shape index (κ1) is 21.1. The Labute approximate surface area is 160 Å². The zero-order valence-electron chi connectivity index (χ0n) is 15.5. The first-order valence-corrected chi connectivity index (χ1v) is 10.4. The van der Waals surface area contributed by atoms with E-state index in [9.17, 15) is 17.6 Å². The Morgan fingerprint density at radius 1 is 1.04 bits per heavy atom. The van der Waals surface area contributed by atoms with Crippen LogP contribution in [0.25, 0.3) is 0 Å². The lowest BCUT2D eigenvalue weighted by atomic mass is 10.1. The highest BCUT2D eigenvalue weighted by molar-refractivity contribution is 7.89. The van der Waals surface area contributed by atoms with Crippen LogP contribution in [-0.2, 0) is 16.4 Å². The van der Waals surface area contributed by atoms with E-state index in [4.69, 9.17) is 0 Å². The van der Waals surface area contributed by atoms with Gasteiger partial charge in [-0.1, -0.05) is 32.0 Å². The van der Waals surface area contributed by atoms with Crippen molar-refractivity contribution in [3.63, 3.8) is 0 Å². The summed E-state index contributed by atoms with van der Waals surface area (Å²) in [6.45, 7) is 4.81. The fraction of sp³-hybridized carbons (Fsp3) is 0.350. The lowest BCUT2D eigenvalue weighted by Gasteiger charge is -2.09. The molecule has 0 aliphatic heterocycles. The Bertz CT molecular complexity index is 865. The highest BCUT2D eigenvalue weighted by Gasteiger charge is 2.15. The molecular formula is C20H25FN2O3S. The van der Waals surface area contributed by atoms with Crippen LogP contribution in [0.1, 0.15) is 36.2 Å². The smallest absolute Gasteiger partial charge is 0.251 e. The van der Waals surface area contributed by atoms with Crippen LogP contribution in [0.3, 0.4) is 0 Å². The maximum Gasteiger partial charge on any atom is 0.251 e. The second-order valence-electron chi connectivity index (χ2n) is 6.70. The van der Waals surface area contributed by atoms with E-state index in [1.807, 2.05) is 0 Å². The third-order valence-corrected chi connectivity index (χ3v) is 5.56. The van der Waals surface area contributed by atoms with Crippen LogP contribution in [-0.4, -0.2) is 27.4 Å². The third-order valence-electron chi connectivity index (χ3n) is 4.08. The molecule has 0 aromatic heterocycles. The van der Waals surface area contributed by atoms with Crippen LogP contribution >= 0.6 is 0 Å². The molecule has 2 aromatic carbocycles. The summed E-state index contributed by atoms with van der Waals surface area (Å²) < 4.78 is 40.7. The molecule has 0 saturated carbocycles. The van der Waals surface area contributed by atoms with Crippen molar-refractivity contribution in [3.05, 3.63) is 65.5 Å². The molecule has 0 bridgehead atoms. The van der Waals surface area contributed by atoms with Gasteiger partial charge in [-0.3, -0.25) is 4.79 Å². The maximum atomic E-state index is 13.6. The first-order valence-electron chi connectivity index (χ1n) is 8.91. The van der Waals surface area contributed by atoms with Gasteiger partial charge in [-0.15, -0.1) is 0 Å². The largest absolute Gasteiger partial charge is 0.352 e. The van der Waals surface area contributed by atoms with Gasteiger partial charge in [0.15, 0.2) is 0 Å². The lowest BCUT2D eigenvalue weighted by molar-refractivity contribution is 0.0952. The Balaban J connectivity index is 1.92. The van der Waals surface area contributed by atoms with Crippen LogP contribution in [0.15, 0.2) is 53.4 Å². The zero-order valence-corrected chi connectivity index (χ0v) is 16.4. The molecule has 2 N–H and O–H groups in total. The molecule has 0 fully saturated rings. The van der Waals surface area contributed by atoms with Crippen molar-refractivity contribution in [1.29, 1.82) is 0 Å². The van der Waals surface area contributed by atoms with E-state index < -0.39 is 10.0 Å². The zero-order chi connectivity index (χ0) is 19.9. The second-order valence-corrected chi connectivity index (χ2v) is 8.47. The number of carbonyl (C=O) groups is 1. The fourth-order valence-corrected chi connectivity index (χ4v) is 3.50. The van der Waals surface area contributed by atoms with Crippen molar-refractivity contribution in [2.24, 2.45) is 5.92 Å². The number of carbonyl (C=O) groups excluding carboxylic acids is 1. The van der Waals surface area contributed by atoms with Crippen LogP contribution in [0.4, 0.5) is 4.39 Å². The van der Waals surface area contributed by atoms with Gasteiger partial charge < -0.3 is 5.32 Å². The average molecular weight is 392 g/mol. The summed E-state index contributed by atoms with van der Waals surface area (Å²) in [6.07, 6.45) is 1.13. The molecule has 0 atom stereocenters. The highest BCUT2D eigenvalue weighted by Crippen LogP contribution is 2.12. The second kappa shape index (κ2) is 9.62. The number of halogens is 1. The molecular weight excluding hydrogens is 367 g/mol. The van der Waals surface area contributed by atoms with Crippen molar-refractivity contribution in [3.8, 4) is 0 Å². The van der Waals surface area contributed by atoms with E-state index >= 15 is 0 Å². The number of hydrogen-bond donors (Lipinski definition) is 2. The predicted molar refractivity (Wildman–Crippen MR) is 104 cm³/mol. The summed E-state index contributed by atoms with van der Waals surface area (Å²) in [4.78, 5) is 12.1. The summed E-state index contributed by atoms with van der Waals surface area (Å²) >= 11 is 0. The molecule has 0 aliphatic carbocycles. The first-order chi connectivity index (χ1) is 12.8. The van der Waals surface area contributed by atoms with Crippen LogP contribution in [0.2, 0.25) is 0 Å². The van der Waals surface area contributed by atoms with E-state index in [1.165, 1.54) is 30.3 Å². The molecule has 0 aliphatic rings. The standard InChI is InChI=1S/C20H25FN2O3S/c1-15(2)11-13-22-20(24)17-7-9-18(10-8-17)27(25,26)23-14-12-16-5-3-4-6-19(16)21/h3-10,15,23H,11-14H2,1-2H3,(H,22,24). The quantitative estimate of drug-likeness (QED) is 0.688. The van der Waals surface area contributed by atoms with E-state index in [0.29, 0.717) is 23.6 Å². The average Bonchev–Trinajstić information content (AvgIpc) is 2.63. The molecule has 0 spiro atoms. The van der Waals surface area contributed by atoms with E-state index in [1.54, 1.807) is 18.2 Å². The van der Waals surface area contributed by atoms with Gasteiger partial charge in [-0.25, -0.2) is 17.5 Å². The SMILES string of the molecule is CC(C)CCNC(=O)c1ccc(S(=O)(=O)NCCc2ccccc2F)cc1. The number of nitrogens with one attached hydrogen (secondary N) is 2. The van der Waals surface area contributed by atoms with Crippen molar-refractivity contribution in [2.45, 2.75) is 31.6 Å². The fourth-order valence-electron chi connectivity index (χ4n) is 2.47. The lowest BCUT2D eigenvalue weighted by Crippen LogP contribution is -2.27. The molecule has 0 heterocycles. The minimum Gasteiger partial charge on any atom is -0.352 e. The minimum atomic E-state index is -3.72. The molecule has 27 heavy (non-hydrogen) atoms. The van der Waals surface area contributed by atoms with Gasteiger partial charge in [0.25, 0.3) is 5.91 Å². The van der Waals surface area contributed by atoms with Gasteiger partial charge in [0.05, 0.1) is 4.90 Å². The molecule has 1 amide bonds. The van der Waals surface area contributed by atoms with Gasteiger partial charge in [0.2, 0.25) is 10.0 Å². The van der Waals surface area contributed by atoms with Crippen molar-refractivity contribution < 1.29 is 17.6 Å². The molecule has 0 saturated heterocycles. The Kier molecular flexibility index (Phi) is 7.50. The summed E-state index contributed by atoms with van der Waals surface area (Å²) in [5, 5.41) is 2.81. The van der Waals surface area contributed by atoms with Crippen molar-refractivity contribution in [2.75, 3.05) is 13.1 Å². The monoisotopic (exact) mass is 392 g/mol.